The van der Waals surface area contributed by atoms with Gasteiger partial charge in [-0.3, -0.25) is 4.79 Å². The summed E-state index contributed by atoms with van der Waals surface area (Å²) < 4.78 is 0. The van der Waals surface area contributed by atoms with E-state index >= 15 is 0 Å². The lowest BCUT2D eigenvalue weighted by molar-refractivity contribution is -0.108. The number of ketones is 1. The third kappa shape index (κ3) is 3.92. The second kappa shape index (κ2) is 4.90. The molecule has 1 nitrogen and oxygen atoms in total. The van der Waals surface area contributed by atoms with Crippen molar-refractivity contribution in [3.63, 3.8) is 0 Å². The third-order valence-corrected chi connectivity index (χ3v) is 0.718. The van der Waals surface area contributed by atoms with Gasteiger partial charge in [0.1, 0.15) is 0 Å². The smallest absolute Gasteiger partial charge is 0.270 e. The summed E-state index contributed by atoms with van der Waals surface area (Å²) in [5.74, 6) is 3.94. The number of carbonyl (C=O) groups excluding carboxylic acids is 1. The first-order valence-corrected chi connectivity index (χ1v) is 3.17. The summed E-state index contributed by atoms with van der Waals surface area (Å²) in [7, 11) is 0. The monoisotopic (exact) mass is 234 g/mol. The molecule has 0 saturated carbocycles. The standard InChI is InChI=1S/C5Br2O/c6-3-1-5(8)2-4-7. The first kappa shape index (κ1) is 7.75. The van der Waals surface area contributed by atoms with E-state index in [1.807, 2.05) is 0 Å². The number of rotatable bonds is 0. The van der Waals surface area contributed by atoms with Crippen LogP contribution in [0.4, 0.5) is 0 Å². The Labute approximate surface area is 64.1 Å². The Morgan fingerprint density at radius 3 is 1.75 bits per heavy atom. The van der Waals surface area contributed by atoms with Gasteiger partial charge in [0.2, 0.25) is 0 Å². The molecule has 0 radical (unpaired) electrons. The Bertz CT molecular complexity index is 176. The molecule has 0 atom stereocenters. The maximum Gasteiger partial charge on any atom is 0.280 e. The lowest BCUT2D eigenvalue weighted by atomic mass is 10.4. The van der Waals surface area contributed by atoms with Crippen LogP contribution in [0.3, 0.4) is 0 Å². The Kier molecular flexibility index (Phi) is 4.75. The lowest BCUT2D eigenvalue weighted by Crippen LogP contribution is -1.83. The fraction of sp³-hybridized carbons (Fsp3) is 0. The highest BCUT2D eigenvalue weighted by Gasteiger charge is 1.81. The average molecular weight is 236 g/mol. The van der Waals surface area contributed by atoms with E-state index in [4.69, 9.17) is 0 Å². The molecule has 0 saturated heterocycles. The lowest BCUT2D eigenvalue weighted by Gasteiger charge is -1.63. The van der Waals surface area contributed by atoms with E-state index in [1.165, 1.54) is 0 Å². The summed E-state index contributed by atoms with van der Waals surface area (Å²) in [5.41, 5.74) is 0. The summed E-state index contributed by atoms with van der Waals surface area (Å²) >= 11 is 5.51. The molecule has 0 fully saturated rings. The van der Waals surface area contributed by atoms with Crippen LogP contribution in [-0.4, -0.2) is 5.78 Å². The molecule has 0 rings (SSSR count). The number of carbonyl (C=O) groups is 1. The number of hydrogen-bond donors (Lipinski definition) is 0. The second-order valence-corrected chi connectivity index (χ2v) is 1.56. The molecule has 0 aromatic rings. The molecule has 40 valence electrons. The van der Waals surface area contributed by atoms with Gasteiger partial charge in [-0.1, -0.05) is 0 Å². The molecule has 0 aliphatic carbocycles. The highest BCUT2D eigenvalue weighted by molar-refractivity contribution is 9.12. The molecule has 0 N–H and O–H groups in total. The van der Waals surface area contributed by atoms with Gasteiger partial charge in [0.05, 0.1) is 0 Å². The molecule has 0 unspecified atom stereocenters. The fourth-order valence-electron chi connectivity index (χ4n) is 0.117. The van der Waals surface area contributed by atoms with Crippen LogP contribution in [0.1, 0.15) is 0 Å². The zero-order valence-electron chi connectivity index (χ0n) is 3.66. The summed E-state index contributed by atoms with van der Waals surface area (Å²) in [6.45, 7) is 0. The van der Waals surface area contributed by atoms with E-state index in [9.17, 15) is 4.79 Å². The summed E-state index contributed by atoms with van der Waals surface area (Å²) in [4.78, 5) is 14.7. The molecule has 8 heavy (non-hydrogen) atoms. The Balaban J connectivity index is 3.92. The van der Waals surface area contributed by atoms with Gasteiger partial charge in [-0.05, 0) is 21.5 Å². The molecule has 0 aromatic carbocycles. The van der Waals surface area contributed by atoms with E-state index < -0.39 is 5.78 Å². The largest absolute Gasteiger partial charge is 0.280 e. The first-order valence-electron chi connectivity index (χ1n) is 1.58. The minimum atomic E-state index is -0.404. The molecule has 0 aliphatic rings. The predicted octanol–water partition coefficient (Wildman–Crippen LogP) is 1.27. The second-order valence-electron chi connectivity index (χ2n) is 0.768. The van der Waals surface area contributed by atoms with Gasteiger partial charge in [0.25, 0.3) is 5.78 Å². The summed E-state index contributed by atoms with van der Waals surface area (Å²) in [6.07, 6.45) is 0. The van der Waals surface area contributed by atoms with E-state index in [0.717, 1.165) is 0 Å². The van der Waals surface area contributed by atoms with E-state index in [0.29, 0.717) is 0 Å². The Morgan fingerprint density at radius 1 is 1.12 bits per heavy atom. The molecular weight excluding hydrogens is 236 g/mol. The van der Waals surface area contributed by atoms with E-state index in [-0.39, 0.29) is 0 Å². The van der Waals surface area contributed by atoms with E-state index in [1.54, 1.807) is 0 Å². The van der Waals surface area contributed by atoms with Crippen molar-refractivity contribution in [1.82, 2.24) is 0 Å². The van der Waals surface area contributed by atoms with Gasteiger partial charge in [-0.25, -0.2) is 0 Å². The number of hydrogen-bond acceptors (Lipinski definition) is 1. The number of halogens is 2. The maximum absolute atomic E-state index is 10.2. The fourth-order valence-corrected chi connectivity index (χ4v) is 0.477. The van der Waals surface area contributed by atoms with Crippen LogP contribution in [0, 0.1) is 21.5 Å². The van der Waals surface area contributed by atoms with Gasteiger partial charge in [0.15, 0.2) is 0 Å². The molecule has 3 heteroatoms. The van der Waals surface area contributed by atoms with Crippen LogP contribution < -0.4 is 0 Å². The minimum absolute atomic E-state index is 0.404. The SMILES string of the molecule is O=C(C#CBr)C#CBr. The highest BCUT2D eigenvalue weighted by atomic mass is 79.9. The van der Waals surface area contributed by atoms with Crippen LogP contribution >= 0.6 is 31.9 Å². The van der Waals surface area contributed by atoms with Crippen molar-refractivity contribution >= 4 is 37.6 Å². The van der Waals surface area contributed by atoms with Gasteiger partial charge in [-0.2, -0.15) is 0 Å². The minimum Gasteiger partial charge on any atom is -0.270 e. The normalized spacial score (nSPS) is 5.25. The van der Waals surface area contributed by atoms with Crippen molar-refractivity contribution in [2.75, 3.05) is 0 Å². The third-order valence-electron chi connectivity index (χ3n) is 0.322. The van der Waals surface area contributed by atoms with Crippen molar-refractivity contribution in [3.05, 3.63) is 0 Å². The van der Waals surface area contributed by atoms with Crippen LogP contribution in [0.2, 0.25) is 0 Å². The average Bonchev–Trinajstić information content (AvgIpc) is 1.68. The van der Waals surface area contributed by atoms with Crippen molar-refractivity contribution in [3.8, 4) is 21.5 Å². The van der Waals surface area contributed by atoms with E-state index in [2.05, 4.69) is 53.4 Å². The van der Waals surface area contributed by atoms with Crippen LogP contribution in [-0.2, 0) is 4.79 Å². The molecular formula is C5Br2O. The topological polar surface area (TPSA) is 17.1 Å². The van der Waals surface area contributed by atoms with Gasteiger partial charge < -0.3 is 0 Å². The highest BCUT2D eigenvalue weighted by Crippen LogP contribution is 1.73. The van der Waals surface area contributed by atoms with Crippen molar-refractivity contribution in [2.24, 2.45) is 0 Å². The van der Waals surface area contributed by atoms with Crippen LogP contribution in [0.15, 0.2) is 0 Å². The number of Topliss-reactive ketones (excluding diaryl/α,β-unsaturated/α-hetero) is 1. The van der Waals surface area contributed by atoms with Gasteiger partial charge in [-0.15, -0.1) is 0 Å². The Morgan fingerprint density at radius 2 is 1.50 bits per heavy atom. The molecule has 0 aliphatic heterocycles. The summed E-state index contributed by atoms with van der Waals surface area (Å²) in [6, 6.07) is 0. The van der Waals surface area contributed by atoms with Gasteiger partial charge in [0, 0.05) is 31.9 Å². The zero-order valence-corrected chi connectivity index (χ0v) is 6.84. The molecule has 0 spiro atoms. The molecule has 0 heterocycles. The maximum atomic E-state index is 10.2. The summed E-state index contributed by atoms with van der Waals surface area (Å²) in [5, 5.41) is 0. The Hall–Kier alpha value is -0.250. The zero-order chi connectivity index (χ0) is 6.41. The van der Waals surface area contributed by atoms with Gasteiger partial charge >= 0.3 is 0 Å². The molecule has 0 amide bonds. The molecule has 0 aromatic heterocycles. The van der Waals surface area contributed by atoms with Crippen molar-refractivity contribution in [1.29, 1.82) is 0 Å². The molecule has 0 bridgehead atoms. The first-order chi connectivity index (χ1) is 3.81. The van der Waals surface area contributed by atoms with Crippen molar-refractivity contribution < 1.29 is 4.79 Å². The van der Waals surface area contributed by atoms with Crippen LogP contribution in [0.5, 0.6) is 0 Å². The quantitative estimate of drug-likeness (QED) is 0.578. The van der Waals surface area contributed by atoms with Crippen molar-refractivity contribution in [2.45, 2.75) is 0 Å². The predicted molar refractivity (Wildman–Crippen MR) is 38.4 cm³/mol. The van der Waals surface area contributed by atoms with Crippen LogP contribution in [0.25, 0.3) is 0 Å².